The van der Waals surface area contributed by atoms with Gasteiger partial charge in [-0.25, -0.2) is 0 Å². The summed E-state index contributed by atoms with van der Waals surface area (Å²) in [5.41, 5.74) is 1.16. The Morgan fingerprint density at radius 1 is 1.24 bits per heavy atom. The van der Waals surface area contributed by atoms with Crippen LogP contribution in [0.3, 0.4) is 0 Å². The van der Waals surface area contributed by atoms with Gasteiger partial charge in [-0.3, -0.25) is 0 Å². The third-order valence-electron chi connectivity index (χ3n) is 2.69. The lowest BCUT2D eigenvalue weighted by atomic mass is 10.1. The Hall–Kier alpha value is -0.830. The highest BCUT2D eigenvalue weighted by Crippen LogP contribution is 2.15. The molecule has 1 unspecified atom stereocenters. The Balaban J connectivity index is 1.84. The van der Waals surface area contributed by atoms with E-state index in [9.17, 15) is 0 Å². The van der Waals surface area contributed by atoms with E-state index < -0.39 is 0 Å². The largest absolute Gasteiger partial charge is 0.310 e. The van der Waals surface area contributed by atoms with Gasteiger partial charge in [0, 0.05) is 22.5 Å². The topological polar surface area (TPSA) is 12.0 Å². The van der Waals surface area contributed by atoms with Gasteiger partial charge in [-0.05, 0) is 36.4 Å². The predicted molar refractivity (Wildman–Crippen MR) is 75.8 cm³/mol. The molecule has 0 bridgehead atoms. The molecule has 90 valence electrons. The maximum absolute atomic E-state index is 6.11. The second-order valence-corrected chi connectivity index (χ2v) is 5.60. The van der Waals surface area contributed by atoms with E-state index in [1.54, 1.807) is 0 Å². The minimum absolute atomic E-state index is 0.463. The van der Waals surface area contributed by atoms with E-state index in [0.717, 1.165) is 23.6 Å². The zero-order valence-electron chi connectivity index (χ0n) is 9.82. The van der Waals surface area contributed by atoms with Crippen LogP contribution in [0.2, 0.25) is 5.02 Å². The number of hydrogen-bond acceptors (Lipinski definition) is 2. The van der Waals surface area contributed by atoms with Crippen molar-refractivity contribution in [3.63, 3.8) is 0 Å². The molecule has 0 spiro atoms. The first kappa shape index (κ1) is 12.6. The molecule has 1 atom stereocenters. The molecule has 2 aromatic rings. The highest BCUT2D eigenvalue weighted by Gasteiger charge is 2.05. The van der Waals surface area contributed by atoms with Crippen LogP contribution >= 0.6 is 22.9 Å². The van der Waals surface area contributed by atoms with Gasteiger partial charge in [0.2, 0.25) is 0 Å². The molecule has 1 heterocycles. The summed E-state index contributed by atoms with van der Waals surface area (Å²) < 4.78 is 0. The van der Waals surface area contributed by atoms with Crippen LogP contribution in [-0.4, -0.2) is 6.04 Å². The molecule has 1 N–H and O–H groups in total. The van der Waals surface area contributed by atoms with Crippen molar-refractivity contribution in [1.82, 2.24) is 5.32 Å². The molecule has 1 nitrogen and oxygen atoms in total. The zero-order chi connectivity index (χ0) is 12.1. The molecule has 0 aliphatic carbocycles. The molecule has 0 saturated carbocycles. The molecular weight excluding hydrogens is 250 g/mol. The summed E-state index contributed by atoms with van der Waals surface area (Å²) in [5.74, 6) is 0. The molecule has 0 fully saturated rings. The van der Waals surface area contributed by atoms with Gasteiger partial charge in [-0.2, -0.15) is 0 Å². The SMILES string of the molecule is CC(Cc1cccs1)NCc1ccccc1Cl. The van der Waals surface area contributed by atoms with Crippen molar-refractivity contribution in [3.8, 4) is 0 Å². The van der Waals surface area contributed by atoms with E-state index in [-0.39, 0.29) is 0 Å². The van der Waals surface area contributed by atoms with Gasteiger partial charge in [0.05, 0.1) is 0 Å². The van der Waals surface area contributed by atoms with E-state index in [1.165, 1.54) is 4.88 Å². The zero-order valence-corrected chi connectivity index (χ0v) is 11.4. The fourth-order valence-corrected chi connectivity index (χ4v) is 2.77. The second kappa shape index (κ2) is 6.20. The summed E-state index contributed by atoms with van der Waals surface area (Å²) in [7, 11) is 0. The van der Waals surface area contributed by atoms with Gasteiger partial charge in [-0.15, -0.1) is 11.3 Å². The summed E-state index contributed by atoms with van der Waals surface area (Å²) in [4.78, 5) is 1.42. The van der Waals surface area contributed by atoms with Crippen molar-refractivity contribution in [1.29, 1.82) is 0 Å². The van der Waals surface area contributed by atoms with Gasteiger partial charge < -0.3 is 5.32 Å². The smallest absolute Gasteiger partial charge is 0.0450 e. The van der Waals surface area contributed by atoms with Gasteiger partial charge in [-0.1, -0.05) is 35.9 Å². The van der Waals surface area contributed by atoms with E-state index in [1.807, 2.05) is 29.5 Å². The minimum Gasteiger partial charge on any atom is -0.310 e. The normalized spacial score (nSPS) is 12.6. The number of hydrogen-bond donors (Lipinski definition) is 1. The van der Waals surface area contributed by atoms with Crippen LogP contribution in [0.5, 0.6) is 0 Å². The molecule has 17 heavy (non-hydrogen) atoms. The van der Waals surface area contributed by atoms with E-state index in [2.05, 4.69) is 35.8 Å². The quantitative estimate of drug-likeness (QED) is 0.857. The van der Waals surface area contributed by atoms with Gasteiger partial charge in [0.25, 0.3) is 0 Å². The van der Waals surface area contributed by atoms with Crippen LogP contribution in [-0.2, 0) is 13.0 Å². The summed E-state index contributed by atoms with van der Waals surface area (Å²) in [6.45, 7) is 3.03. The van der Waals surface area contributed by atoms with Gasteiger partial charge in [0.15, 0.2) is 0 Å². The maximum atomic E-state index is 6.11. The average Bonchev–Trinajstić information content (AvgIpc) is 2.81. The lowest BCUT2D eigenvalue weighted by Crippen LogP contribution is -2.27. The Kier molecular flexibility index (Phi) is 4.60. The molecular formula is C14H16ClNS. The van der Waals surface area contributed by atoms with E-state index in [0.29, 0.717) is 6.04 Å². The maximum Gasteiger partial charge on any atom is 0.0450 e. The summed E-state index contributed by atoms with van der Waals surface area (Å²) in [6.07, 6.45) is 1.07. The first-order chi connectivity index (χ1) is 8.25. The molecule has 1 aromatic carbocycles. The summed E-state index contributed by atoms with van der Waals surface area (Å²) in [5, 5.41) is 6.46. The van der Waals surface area contributed by atoms with Crippen molar-refractivity contribution < 1.29 is 0 Å². The summed E-state index contributed by atoms with van der Waals surface area (Å²) in [6, 6.07) is 12.7. The number of rotatable bonds is 5. The van der Waals surface area contributed by atoms with Gasteiger partial charge >= 0.3 is 0 Å². The van der Waals surface area contributed by atoms with Crippen LogP contribution in [0.4, 0.5) is 0 Å². The first-order valence-corrected chi connectivity index (χ1v) is 7.00. The third kappa shape index (κ3) is 3.84. The van der Waals surface area contributed by atoms with Crippen molar-refractivity contribution in [2.75, 3.05) is 0 Å². The highest BCUT2D eigenvalue weighted by atomic mass is 35.5. The molecule has 0 saturated heterocycles. The van der Waals surface area contributed by atoms with Crippen LogP contribution in [0, 0.1) is 0 Å². The van der Waals surface area contributed by atoms with E-state index in [4.69, 9.17) is 11.6 Å². The fourth-order valence-electron chi connectivity index (χ4n) is 1.73. The average molecular weight is 266 g/mol. The Bertz CT molecular complexity index is 453. The molecule has 0 amide bonds. The Morgan fingerprint density at radius 2 is 2.06 bits per heavy atom. The first-order valence-electron chi connectivity index (χ1n) is 5.75. The van der Waals surface area contributed by atoms with Crippen molar-refractivity contribution in [2.45, 2.75) is 25.9 Å². The van der Waals surface area contributed by atoms with Crippen LogP contribution in [0.25, 0.3) is 0 Å². The number of benzene rings is 1. The lowest BCUT2D eigenvalue weighted by molar-refractivity contribution is 0.549. The number of thiophene rings is 1. The standard InChI is InChI=1S/C14H16ClNS/c1-11(9-13-6-4-8-17-13)16-10-12-5-2-3-7-14(12)15/h2-8,11,16H,9-10H2,1H3. The van der Waals surface area contributed by atoms with Crippen LogP contribution in [0.1, 0.15) is 17.4 Å². The fraction of sp³-hybridized carbons (Fsp3) is 0.286. The number of halogens is 1. The number of nitrogens with one attached hydrogen (secondary N) is 1. The molecule has 2 rings (SSSR count). The van der Waals surface area contributed by atoms with Crippen molar-refractivity contribution in [2.24, 2.45) is 0 Å². The third-order valence-corrected chi connectivity index (χ3v) is 3.95. The molecule has 0 aliphatic heterocycles. The van der Waals surface area contributed by atoms with Crippen LogP contribution < -0.4 is 5.32 Å². The van der Waals surface area contributed by atoms with E-state index >= 15 is 0 Å². The molecule has 0 aliphatic rings. The predicted octanol–water partition coefficient (Wildman–Crippen LogP) is 4.12. The minimum atomic E-state index is 0.463. The second-order valence-electron chi connectivity index (χ2n) is 4.16. The van der Waals surface area contributed by atoms with Crippen LogP contribution in [0.15, 0.2) is 41.8 Å². The Morgan fingerprint density at radius 3 is 2.76 bits per heavy atom. The summed E-state index contributed by atoms with van der Waals surface area (Å²) >= 11 is 7.92. The van der Waals surface area contributed by atoms with Crippen molar-refractivity contribution in [3.05, 3.63) is 57.2 Å². The molecule has 3 heteroatoms. The Labute approximate surface area is 111 Å². The highest BCUT2D eigenvalue weighted by molar-refractivity contribution is 7.09. The lowest BCUT2D eigenvalue weighted by Gasteiger charge is -2.13. The molecule has 1 aromatic heterocycles. The van der Waals surface area contributed by atoms with Gasteiger partial charge in [0.1, 0.15) is 0 Å². The molecule has 0 radical (unpaired) electrons. The van der Waals surface area contributed by atoms with Crippen molar-refractivity contribution >= 4 is 22.9 Å². The monoisotopic (exact) mass is 265 g/mol.